The fraction of sp³-hybridized carbons (Fsp3) is 0.552. The fourth-order valence-electron chi connectivity index (χ4n) is 6.13. The number of nitrogens with one attached hydrogen (secondary N) is 3. The smallest absolute Gasteiger partial charge is 0.320 e. The Kier molecular flexibility index (Phi) is 10.2. The molecule has 0 aliphatic heterocycles. The Balaban J connectivity index is 1.45. The maximum Gasteiger partial charge on any atom is 0.320 e. The second kappa shape index (κ2) is 13.6. The van der Waals surface area contributed by atoms with Gasteiger partial charge in [-0.2, -0.15) is 0 Å². The van der Waals surface area contributed by atoms with Gasteiger partial charge >= 0.3 is 12.0 Å². The Morgan fingerprint density at radius 2 is 1.57 bits per heavy atom. The number of benzene rings is 1. The number of urea groups is 1. The van der Waals surface area contributed by atoms with Crippen molar-refractivity contribution in [1.29, 1.82) is 0 Å². The molecule has 218 valence electrons. The molecule has 2 aromatic rings. The van der Waals surface area contributed by atoms with Crippen LogP contribution in [-0.2, 0) is 14.6 Å². The molecule has 4 N–H and O–H groups in total. The number of carbonyl (C=O) groups is 3. The summed E-state index contributed by atoms with van der Waals surface area (Å²) in [6.07, 6.45) is 11.9. The highest BCUT2D eigenvalue weighted by Crippen LogP contribution is 2.43. The van der Waals surface area contributed by atoms with Crippen molar-refractivity contribution < 1.29 is 27.9 Å². The number of sulfone groups is 1. The Morgan fingerprint density at radius 3 is 2.17 bits per heavy atom. The summed E-state index contributed by atoms with van der Waals surface area (Å²) < 4.78 is 23.9. The van der Waals surface area contributed by atoms with Gasteiger partial charge in [0, 0.05) is 18.4 Å². The first-order valence-corrected chi connectivity index (χ1v) is 16.8. The van der Waals surface area contributed by atoms with Crippen molar-refractivity contribution in [3.8, 4) is 0 Å². The van der Waals surface area contributed by atoms with Gasteiger partial charge in [-0.1, -0.05) is 44.2 Å². The SMILES string of the molecule is CS(=O)(=O)c1ccc(NC(=O)NC(c2ccc(C(=O)NCCC(=O)O)cc2)C2CCC(C3CCCCC3)CC2)s1. The number of rotatable bonds is 10. The van der Waals surface area contributed by atoms with E-state index in [0.717, 1.165) is 60.7 Å². The monoisotopic (exact) mass is 589 g/mol. The molecule has 1 atom stereocenters. The van der Waals surface area contributed by atoms with E-state index in [4.69, 9.17) is 5.11 Å². The maximum absolute atomic E-state index is 13.1. The molecule has 0 radical (unpaired) electrons. The fourth-order valence-corrected chi connectivity index (χ4v) is 7.95. The molecule has 40 heavy (non-hydrogen) atoms. The zero-order valence-electron chi connectivity index (χ0n) is 22.9. The molecule has 2 fully saturated rings. The lowest BCUT2D eigenvalue weighted by molar-refractivity contribution is -0.136. The molecule has 3 amide bonds. The zero-order chi connectivity index (χ0) is 28.7. The maximum atomic E-state index is 13.1. The summed E-state index contributed by atoms with van der Waals surface area (Å²) in [7, 11) is -3.35. The van der Waals surface area contributed by atoms with Crippen molar-refractivity contribution in [2.24, 2.45) is 17.8 Å². The van der Waals surface area contributed by atoms with E-state index in [1.165, 1.54) is 38.2 Å². The third kappa shape index (κ3) is 8.30. The van der Waals surface area contributed by atoms with Crippen LogP contribution in [0.5, 0.6) is 0 Å². The van der Waals surface area contributed by atoms with E-state index in [0.29, 0.717) is 10.6 Å². The van der Waals surface area contributed by atoms with Gasteiger partial charge < -0.3 is 15.7 Å². The van der Waals surface area contributed by atoms with E-state index in [1.54, 1.807) is 18.2 Å². The molecule has 1 aromatic carbocycles. The number of hydrogen-bond donors (Lipinski definition) is 4. The van der Waals surface area contributed by atoms with Crippen molar-refractivity contribution >= 4 is 44.1 Å². The van der Waals surface area contributed by atoms with Crippen LogP contribution >= 0.6 is 11.3 Å². The Bertz CT molecular complexity index is 1280. The lowest BCUT2D eigenvalue weighted by Crippen LogP contribution is -2.38. The molecule has 1 unspecified atom stereocenters. The minimum Gasteiger partial charge on any atom is -0.481 e. The van der Waals surface area contributed by atoms with Gasteiger partial charge in [-0.25, -0.2) is 13.2 Å². The largest absolute Gasteiger partial charge is 0.481 e. The minimum atomic E-state index is -3.35. The van der Waals surface area contributed by atoms with Crippen LogP contribution in [0.15, 0.2) is 40.6 Å². The second-order valence-electron chi connectivity index (χ2n) is 11.1. The number of carboxylic acids is 1. The summed E-state index contributed by atoms with van der Waals surface area (Å²) in [6.45, 7) is 0.0499. The Hall–Kier alpha value is -2.92. The van der Waals surface area contributed by atoms with Crippen LogP contribution in [-0.4, -0.2) is 44.2 Å². The Labute approximate surface area is 240 Å². The summed E-state index contributed by atoms with van der Waals surface area (Å²) in [4.78, 5) is 36.2. The van der Waals surface area contributed by atoms with Crippen LogP contribution < -0.4 is 16.0 Å². The summed E-state index contributed by atoms with van der Waals surface area (Å²) >= 11 is 1.01. The summed E-state index contributed by atoms with van der Waals surface area (Å²) in [5, 5.41) is 17.8. The van der Waals surface area contributed by atoms with Crippen LogP contribution in [0.3, 0.4) is 0 Å². The Morgan fingerprint density at radius 1 is 0.925 bits per heavy atom. The van der Waals surface area contributed by atoms with Crippen molar-refractivity contribution in [1.82, 2.24) is 10.6 Å². The van der Waals surface area contributed by atoms with Gasteiger partial charge in [-0.15, -0.1) is 11.3 Å². The van der Waals surface area contributed by atoms with E-state index in [2.05, 4.69) is 16.0 Å². The molecule has 0 spiro atoms. The van der Waals surface area contributed by atoms with Crippen molar-refractivity contribution in [3.05, 3.63) is 47.5 Å². The van der Waals surface area contributed by atoms with Crippen LogP contribution in [0, 0.1) is 17.8 Å². The van der Waals surface area contributed by atoms with Gasteiger partial charge in [-0.3, -0.25) is 14.9 Å². The molecule has 1 heterocycles. The van der Waals surface area contributed by atoms with E-state index in [1.807, 2.05) is 12.1 Å². The van der Waals surface area contributed by atoms with E-state index >= 15 is 0 Å². The van der Waals surface area contributed by atoms with E-state index in [-0.39, 0.29) is 35.0 Å². The summed E-state index contributed by atoms with van der Waals surface area (Å²) in [5.41, 5.74) is 1.31. The second-order valence-corrected chi connectivity index (χ2v) is 14.4. The van der Waals surface area contributed by atoms with Crippen molar-refractivity contribution in [2.45, 2.75) is 74.5 Å². The first-order chi connectivity index (χ1) is 19.1. The summed E-state index contributed by atoms with van der Waals surface area (Å²) in [6, 6.07) is 9.48. The van der Waals surface area contributed by atoms with Crippen molar-refractivity contribution in [2.75, 3.05) is 18.1 Å². The standard InChI is InChI=1S/C29H39N3O6S2/c1-40(37,38)26-16-15-24(39-26)31-29(36)32-27(21-9-7-20(8-10-21)19-5-3-2-4-6-19)22-11-13-23(14-12-22)28(35)30-18-17-25(33)34/h11-16,19-21,27H,2-10,17-18H2,1H3,(H,30,35)(H,33,34)(H2,31,32,36). The highest BCUT2D eigenvalue weighted by Gasteiger charge is 2.33. The van der Waals surface area contributed by atoms with Crippen LogP contribution in [0.1, 0.15) is 86.2 Å². The molecule has 1 aromatic heterocycles. The molecule has 0 bridgehead atoms. The van der Waals surface area contributed by atoms with Gasteiger partial charge in [0.1, 0.15) is 4.21 Å². The van der Waals surface area contributed by atoms with E-state index in [9.17, 15) is 22.8 Å². The van der Waals surface area contributed by atoms with Crippen molar-refractivity contribution in [3.63, 3.8) is 0 Å². The molecule has 2 aliphatic rings. The van der Waals surface area contributed by atoms with Gasteiger partial charge in [-0.05, 0) is 73.3 Å². The molecule has 2 saturated carbocycles. The predicted molar refractivity (Wildman–Crippen MR) is 155 cm³/mol. The lowest BCUT2D eigenvalue weighted by Gasteiger charge is -2.38. The number of aliphatic carboxylic acids is 1. The molecule has 11 heteroatoms. The first kappa shape index (κ1) is 30.0. The molecule has 9 nitrogen and oxygen atoms in total. The number of anilines is 1. The van der Waals surface area contributed by atoms with Gasteiger partial charge in [0.15, 0.2) is 9.84 Å². The molecule has 2 aliphatic carbocycles. The normalized spacial score (nSPS) is 20.8. The molecule has 4 rings (SSSR count). The number of carboxylic acid groups (broad SMARTS) is 1. The number of hydrogen-bond acceptors (Lipinski definition) is 6. The van der Waals surface area contributed by atoms with E-state index < -0.39 is 21.8 Å². The summed E-state index contributed by atoms with van der Waals surface area (Å²) in [5.74, 6) is 0.462. The van der Waals surface area contributed by atoms with Crippen LogP contribution in [0.4, 0.5) is 9.80 Å². The zero-order valence-corrected chi connectivity index (χ0v) is 24.5. The lowest BCUT2D eigenvalue weighted by atomic mass is 9.69. The average Bonchev–Trinajstić information content (AvgIpc) is 3.41. The topological polar surface area (TPSA) is 142 Å². The quantitative estimate of drug-likeness (QED) is 0.284. The molecule has 0 saturated heterocycles. The average molecular weight is 590 g/mol. The highest BCUT2D eigenvalue weighted by molar-refractivity contribution is 7.92. The number of thiophene rings is 1. The number of carbonyl (C=O) groups excluding carboxylic acids is 2. The minimum absolute atomic E-state index is 0.0499. The highest BCUT2D eigenvalue weighted by atomic mass is 32.2. The molecular formula is C29H39N3O6S2. The third-order valence-corrected chi connectivity index (χ3v) is 11.1. The molecular weight excluding hydrogens is 550 g/mol. The predicted octanol–water partition coefficient (Wildman–Crippen LogP) is 5.61. The van der Waals surface area contributed by atoms with Crippen LogP contribution in [0.25, 0.3) is 0 Å². The van der Waals surface area contributed by atoms with Crippen LogP contribution in [0.2, 0.25) is 0 Å². The third-order valence-electron chi connectivity index (χ3n) is 8.23. The first-order valence-electron chi connectivity index (χ1n) is 14.1. The van der Waals surface area contributed by atoms with Gasteiger partial charge in [0.05, 0.1) is 17.5 Å². The van der Waals surface area contributed by atoms with Gasteiger partial charge in [0.25, 0.3) is 5.91 Å². The van der Waals surface area contributed by atoms with Gasteiger partial charge in [0.2, 0.25) is 0 Å². The number of amides is 3.